The van der Waals surface area contributed by atoms with Crippen LogP contribution in [0.1, 0.15) is 32.3 Å². The number of carboxylic acids is 1. The molecule has 1 heterocycles. The first-order valence-corrected chi connectivity index (χ1v) is 6.78. The molecular weight excluding hydrogens is 242 g/mol. The molecule has 1 saturated heterocycles. The van der Waals surface area contributed by atoms with Crippen molar-refractivity contribution < 1.29 is 14.6 Å². The number of hydrogen-bond donors (Lipinski definition) is 1. The van der Waals surface area contributed by atoms with Crippen LogP contribution in [-0.4, -0.2) is 34.7 Å². The third-order valence-corrected chi connectivity index (χ3v) is 3.30. The molecule has 1 aromatic carbocycles. The van der Waals surface area contributed by atoms with Crippen LogP contribution in [-0.2, 0) is 11.3 Å². The summed E-state index contributed by atoms with van der Waals surface area (Å²) in [5, 5.41) is 9.17. The number of carbonyl (C=O) groups is 1. The number of hydrogen-bond acceptors (Lipinski definition) is 3. The number of likely N-dealkylation sites (tertiary alicyclic amines) is 1. The van der Waals surface area contributed by atoms with Crippen LogP contribution in [0.15, 0.2) is 24.3 Å². The Balaban J connectivity index is 2.04. The molecule has 0 spiro atoms. The highest BCUT2D eigenvalue weighted by molar-refractivity contribution is 5.73. The molecule has 4 nitrogen and oxygen atoms in total. The lowest BCUT2D eigenvalue weighted by Crippen LogP contribution is -2.35. The van der Waals surface area contributed by atoms with Gasteiger partial charge in [-0.25, -0.2) is 0 Å². The largest absolute Gasteiger partial charge is 0.491 e. The van der Waals surface area contributed by atoms with Crippen molar-refractivity contribution in [2.24, 2.45) is 0 Å². The van der Waals surface area contributed by atoms with Crippen molar-refractivity contribution >= 4 is 5.97 Å². The number of ether oxygens (including phenoxy) is 1. The van der Waals surface area contributed by atoms with Gasteiger partial charge in [-0.05, 0) is 50.9 Å². The third-order valence-electron chi connectivity index (χ3n) is 3.30. The van der Waals surface area contributed by atoms with Crippen LogP contribution >= 0.6 is 0 Å². The maximum Gasteiger partial charge on any atom is 0.320 e. The third kappa shape index (κ3) is 3.70. The van der Waals surface area contributed by atoms with Crippen molar-refractivity contribution in [3.8, 4) is 5.75 Å². The monoisotopic (exact) mass is 263 g/mol. The SMILES string of the molecule is CC(C)Oc1cccc(CN2CCC[C@@H]2C(=O)O)c1. The lowest BCUT2D eigenvalue weighted by Gasteiger charge is -2.21. The van der Waals surface area contributed by atoms with Gasteiger partial charge in [0, 0.05) is 6.54 Å². The number of nitrogens with zero attached hydrogens (tertiary/aromatic N) is 1. The number of aliphatic carboxylic acids is 1. The zero-order valence-electron chi connectivity index (χ0n) is 11.5. The van der Waals surface area contributed by atoms with Gasteiger partial charge in [0.05, 0.1) is 6.10 Å². The summed E-state index contributed by atoms with van der Waals surface area (Å²) >= 11 is 0. The van der Waals surface area contributed by atoms with Gasteiger partial charge in [0.25, 0.3) is 0 Å². The molecule has 1 aromatic rings. The molecule has 0 radical (unpaired) electrons. The Morgan fingerprint density at radius 2 is 2.32 bits per heavy atom. The maximum absolute atomic E-state index is 11.1. The molecule has 0 aromatic heterocycles. The zero-order chi connectivity index (χ0) is 13.8. The van der Waals surface area contributed by atoms with Crippen molar-refractivity contribution in [1.82, 2.24) is 4.90 Å². The van der Waals surface area contributed by atoms with Crippen molar-refractivity contribution in [1.29, 1.82) is 0 Å². The molecular formula is C15H21NO3. The topological polar surface area (TPSA) is 49.8 Å². The Bertz CT molecular complexity index is 445. The van der Waals surface area contributed by atoms with Crippen LogP contribution in [0.4, 0.5) is 0 Å². The highest BCUT2D eigenvalue weighted by Crippen LogP contribution is 2.22. The second-order valence-corrected chi connectivity index (χ2v) is 5.28. The average Bonchev–Trinajstić information content (AvgIpc) is 2.76. The van der Waals surface area contributed by atoms with Crippen molar-refractivity contribution in [3.05, 3.63) is 29.8 Å². The Labute approximate surface area is 114 Å². The van der Waals surface area contributed by atoms with Gasteiger partial charge in [-0.3, -0.25) is 9.69 Å². The number of benzene rings is 1. The van der Waals surface area contributed by atoms with Gasteiger partial charge in [0.15, 0.2) is 0 Å². The van der Waals surface area contributed by atoms with E-state index in [0.717, 1.165) is 30.7 Å². The Morgan fingerprint density at radius 3 is 3.00 bits per heavy atom. The van der Waals surface area contributed by atoms with Crippen molar-refractivity contribution in [3.63, 3.8) is 0 Å². The molecule has 0 saturated carbocycles. The minimum atomic E-state index is -0.716. The van der Waals surface area contributed by atoms with Gasteiger partial charge in [-0.15, -0.1) is 0 Å². The second-order valence-electron chi connectivity index (χ2n) is 5.28. The fourth-order valence-corrected chi connectivity index (χ4v) is 2.52. The molecule has 0 amide bonds. The van der Waals surface area contributed by atoms with Gasteiger partial charge in [0.2, 0.25) is 0 Å². The maximum atomic E-state index is 11.1. The van der Waals surface area contributed by atoms with Gasteiger partial charge in [-0.1, -0.05) is 12.1 Å². The smallest absolute Gasteiger partial charge is 0.320 e. The lowest BCUT2D eigenvalue weighted by atomic mass is 10.1. The lowest BCUT2D eigenvalue weighted by molar-refractivity contribution is -0.142. The Kier molecular flexibility index (Phi) is 4.43. The molecule has 0 bridgehead atoms. The summed E-state index contributed by atoms with van der Waals surface area (Å²) in [7, 11) is 0. The summed E-state index contributed by atoms with van der Waals surface area (Å²) in [4.78, 5) is 13.2. The fraction of sp³-hybridized carbons (Fsp3) is 0.533. The second kappa shape index (κ2) is 6.06. The van der Waals surface area contributed by atoms with E-state index in [1.165, 1.54) is 0 Å². The average molecular weight is 263 g/mol. The predicted octanol–water partition coefficient (Wildman–Crippen LogP) is 2.52. The molecule has 1 fully saturated rings. The van der Waals surface area contributed by atoms with E-state index < -0.39 is 5.97 Å². The van der Waals surface area contributed by atoms with Gasteiger partial charge >= 0.3 is 5.97 Å². The van der Waals surface area contributed by atoms with E-state index in [4.69, 9.17) is 9.84 Å². The molecule has 4 heteroatoms. The Hall–Kier alpha value is -1.55. The molecule has 104 valence electrons. The fourth-order valence-electron chi connectivity index (χ4n) is 2.52. The molecule has 1 N–H and O–H groups in total. The molecule has 19 heavy (non-hydrogen) atoms. The molecule has 0 unspecified atom stereocenters. The summed E-state index contributed by atoms with van der Waals surface area (Å²) in [5.74, 6) is 0.130. The van der Waals surface area contributed by atoms with Gasteiger partial charge in [-0.2, -0.15) is 0 Å². The van der Waals surface area contributed by atoms with E-state index in [1.807, 2.05) is 43.0 Å². The minimum absolute atomic E-state index is 0.147. The molecule has 1 aliphatic heterocycles. The summed E-state index contributed by atoms with van der Waals surface area (Å²) < 4.78 is 5.66. The first-order chi connectivity index (χ1) is 9.06. The van der Waals surface area contributed by atoms with E-state index in [9.17, 15) is 4.79 Å². The molecule has 1 atom stereocenters. The van der Waals surface area contributed by atoms with Crippen LogP contribution in [0.25, 0.3) is 0 Å². The van der Waals surface area contributed by atoms with Crippen molar-refractivity contribution in [2.75, 3.05) is 6.54 Å². The Morgan fingerprint density at radius 1 is 1.53 bits per heavy atom. The van der Waals surface area contributed by atoms with Crippen LogP contribution in [0.2, 0.25) is 0 Å². The summed E-state index contributed by atoms with van der Waals surface area (Å²) in [6.45, 7) is 5.51. The van der Waals surface area contributed by atoms with Gasteiger partial charge < -0.3 is 9.84 Å². The molecule has 2 rings (SSSR count). The van der Waals surface area contributed by atoms with Crippen LogP contribution in [0.3, 0.4) is 0 Å². The quantitative estimate of drug-likeness (QED) is 0.887. The predicted molar refractivity (Wildman–Crippen MR) is 73.3 cm³/mol. The first-order valence-electron chi connectivity index (χ1n) is 6.78. The normalized spacial score (nSPS) is 19.8. The summed E-state index contributed by atoms with van der Waals surface area (Å²) in [6.07, 6.45) is 1.85. The molecule has 1 aliphatic rings. The van der Waals surface area contributed by atoms with Crippen LogP contribution < -0.4 is 4.74 Å². The highest BCUT2D eigenvalue weighted by atomic mass is 16.5. The van der Waals surface area contributed by atoms with Gasteiger partial charge in [0.1, 0.15) is 11.8 Å². The van der Waals surface area contributed by atoms with Crippen LogP contribution in [0, 0.1) is 0 Å². The zero-order valence-corrected chi connectivity index (χ0v) is 11.5. The van der Waals surface area contributed by atoms with E-state index in [2.05, 4.69) is 0 Å². The minimum Gasteiger partial charge on any atom is -0.491 e. The standard InChI is InChI=1S/C15H21NO3/c1-11(2)19-13-6-3-5-12(9-13)10-16-8-4-7-14(16)15(17)18/h3,5-6,9,11,14H,4,7-8,10H2,1-2H3,(H,17,18)/t14-/m1/s1. The molecule has 0 aliphatic carbocycles. The van der Waals surface area contributed by atoms with Crippen LogP contribution in [0.5, 0.6) is 5.75 Å². The summed E-state index contributed by atoms with van der Waals surface area (Å²) in [6, 6.07) is 7.57. The first kappa shape index (κ1) is 13.9. The van der Waals surface area contributed by atoms with E-state index in [-0.39, 0.29) is 12.1 Å². The number of rotatable bonds is 5. The van der Waals surface area contributed by atoms with Crippen molar-refractivity contribution in [2.45, 2.75) is 45.4 Å². The van der Waals surface area contributed by atoms with E-state index in [0.29, 0.717) is 6.54 Å². The van der Waals surface area contributed by atoms with E-state index in [1.54, 1.807) is 0 Å². The highest BCUT2D eigenvalue weighted by Gasteiger charge is 2.30. The van der Waals surface area contributed by atoms with E-state index >= 15 is 0 Å². The summed E-state index contributed by atoms with van der Waals surface area (Å²) in [5.41, 5.74) is 1.10. The number of carboxylic acid groups (broad SMARTS) is 1.